The van der Waals surface area contributed by atoms with E-state index >= 15 is 0 Å². The highest BCUT2D eigenvalue weighted by molar-refractivity contribution is 7.92. The summed E-state index contributed by atoms with van der Waals surface area (Å²) in [5.41, 5.74) is 8.08. The van der Waals surface area contributed by atoms with Crippen LogP contribution >= 0.6 is 11.3 Å². The summed E-state index contributed by atoms with van der Waals surface area (Å²) in [6.07, 6.45) is 0. The van der Waals surface area contributed by atoms with Crippen molar-refractivity contribution in [1.82, 2.24) is 4.98 Å². The van der Waals surface area contributed by atoms with Crippen LogP contribution in [0.1, 0.15) is 0 Å². The molecular formula is C13H10FN3O2S2. The molecule has 21 heavy (non-hydrogen) atoms. The van der Waals surface area contributed by atoms with Crippen molar-refractivity contribution < 1.29 is 12.8 Å². The Labute approximate surface area is 124 Å². The van der Waals surface area contributed by atoms with Crippen molar-refractivity contribution in [1.29, 1.82) is 0 Å². The number of nitrogens with two attached hydrogens (primary N) is 1. The van der Waals surface area contributed by atoms with Gasteiger partial charge in [0.15, 0.2) is 0 Å². The number of nitrogens with zero attached hydrogens (tertiary/aromatic N) is 1. The number of nitrogens with one attached hydrogen (secondary N) is 1. The lowest BCUT2D eigenvalue weighted by atomic mass is 10.3. The van der Waals surface area contributed by atoms with Crippen molar-refractivity contribution in [2.45, 2.75) is 4.90 Å². The van der Waals surface area contributed by atoms with E-state index in [1.165, 1.54) is 17.4 Å². The Balaban J connectivity index is 1.96. The van der Waals surface area contributed by atoms with Crippen LogP contribution in [0.5, 0.6) is 0 Å². The van der Waals surface area contributed by atoms with E-state index in [2.05, 4.69) is 9.71 Å². The molecule has 0 atom stereocenters. The Morgan fingerprint density at radius 1 is 1.19 bits per heavy atom. The molecular weight excluding hydrogens is 313 g/mol. The molecule has 0 radical (unpaired) electrons. The predicted molar refractivity (Wildman–Crippen MR) is 81.2 cm³/mol. The molecule has 0 aliphatic heterocycles. The van der Waals surface area contributed by atoms with Gasteiger partial charge < -0.3 is 5.73 Å². The predicted octanol–water partition coefficient (Wildman–Crippen LogP) is 2.82. The lowest BCUT2D eigenvalue weighted by molar-refractivity contribution is 0.600. The van der Waals surface area contributed by atoms with Gasteiger partial charge in [-0.1, -0.05) is 0 Å². The maximum Gasteiger partial charge on any atom is 0.261 e. The summed E-state index contributed by atoms with van der Waals surface area (Å²) in [5, 5.41) is 0. The first-order valence-electron chi connectivity index (χ1n) is 5.87. The SMILES string of the molecule is Nc1cc(S(=O)(=O)Nc2ccc3ncsc3c2)ccc1F. The molecule has 5 nitrogen and oxygen atoms in total. The standard InChI is InChI=1S/C13H10FN3O2S2/c14-10-3-2-9(6-11(10)15)21(18,19)17-8-1-4-12-13(5-8)20-7-16-12/h1-7,17H,15H2. The fourth-order valence-corrected chi connectivity index (χ4v) is 3.62. The normalized spacial score (nSPS) is 11.7. The molecule has 0 fully saturated rings. The number of hydrogen-bond acceptors (Lipinski definition) is 5. The third-order valence-electron chi connectivity index (χ3n) is 2.86. The van der Waals surface area contributed by atoms with Gasteiger partial charge in [-0.2, -0.15) is 0 Å². The lowest BCUT2D eigenvalue weighted by Crippen LogP contribution is -2.13. The fraction of sp³-hybridized carbons (Fsp3) is 0. The first-order chi connectivity index (χ1) is 9.95. The minimum atomic E-state index is -3.82. The van der Waals surface area contributed by atoms with Gasteiger partial charge in [0.25, 0.3) is 10.0 Å². The number of nitrogen functional groups attached to an aromatic ring is 1. The molecule has 0 saturated heterocycles. The quantitative estimate of drug-likeness (QED) is 0.726. The molecule has 3 N–H and O–H groups in total. The molecule has 1 heterocycles. The molecule has 0 spiro atoms. The topological polar surface area (TPSA) is 85.1 Å². The fourth-order valence-electron chi connectivity index (χ4n) is 1.82. The Kier molecular flexibility index (Phi) is 3.26. The van der Waals surface area contributed by atoms with Gasteiger partial charge in [-0.15, -0.1) is 11.3 Å². The van der Waals surface area contributed by atoms with Crippen molar-refractivity contribution in [3.8, 4) is 0 Å². The molecule has 0 aliphatic rings. The number of sulfonamides is 1. The molecule has 0 aliphatic carbocycles. The van der Waals surface area contributed by atoms with Crippen molar-refractivity contribution in [2.24, 2.45) is 0 Å². The van der Waals surface area contributed by atoms with Crippen LogP contribution in [-0.2, 0) is 10.0 Å². The summed E-state index contributed by atoms with van der Waals surface area (Å²) >= 11 is 1.41. The number of thiazole rings is 1. The van der Waals surface area contributed by atoms with Crippen LogP contribution in [0, 0.1) is 5.82 Å². The van der Waals surface area contributed by atoms with Crippen LogP contribution in [-0.4, -0.2) is 13.4 Å². The lowest BCUT2D eigenvalue weighted by Gasteiger charge is -2.09. The van der Waals surface area contributed by atoms with Crippen LogP contribution < -0.4 is 10.5 Å². The van der Waals surface area contributed by atoms with E-state index in [1.807, 2.05) is 0 Å². The van der Waals surface area contributed by atoms with Crippen molar-refractivity contribution >= 4 is 43.0 Å². The van der Waals surface area contributed by atoms with Gasteiger partial charge in [0.05, 0.1) is 32.0 Å². The van der Waals surface area contributed by atoms with Gasteiger partial charge in [0.1, 0.15) is 5.82 Å². The van der Waals surface area contributed by atoms with Crippen LogP contribution in [0.4, 0.5) is 15.8 Å². The van der Waals surface area contributed by atoms with Crippen LogP contribution in [0.15, 0.2) is 46.8 Å². The highest BCUT2D eigenvalue weighted by Crippen LogP contribution is 2.24. The van der Waals surface area contributed by atoms with E-state index in [1.54, 1.807) is 23.7 Å². The molecule has 3 aromatic rings. The number of aromatic nitrogens is 1. The largest absolute Gasteiger partial charge is 0.396 e. The Hall–Kier alpha value is -2.19. The highest BCUT2D eigenvalue weighted by Gasteiger charge is 2.16. The highest BCUT2D eigenvalue weighted by atomic mass is 32.2. The zero-order valence-electron chi connectivity index (χ0n) is 10.6. The molecule has 0 unspecified atom stereocenters. The third-order valence-corrected chi connectivity index (χ3v) is 5.03. The van der Waals surface area contributed by atoms with Crippen LogP contribution in [0.2, 0.25) is 0 Å². The van der Waals surface area contributed by atoms with Gasteiger partial charge in [-0.3, -0.25) is 4.72 Å². The monoisotopic (exact) mass is 323 g/mol. The molecule has 2 aromatic carbocycles. The maximum atomic E-state index is 13.1. The van der Waals surface area contributed by atoms with Crippen molar-refractivity contribution in [3.63, 3.8) is 0 Å². The number of fused-ring (bicyclic) bond motifs is 1. The smallest absolute Gasteiger partial charge is 0.261 e. The summed E-state index contributed by atoms with van der Waals surface area (Å²) in [6.45, 7) is 0. The van der Waals surface area contributed by atoms with E-state index < -0.39 is 15.8 Å². The summed E-state index contributed by atoms with van der Waals surface area (Å²) in [4.78, 5) is 4.03. The van der Waals surface area contributed by atoms with Crippen LogP contribution in [0.25, 0.3) is 10.2 Å². The molecule has 1 aromatic heterocycles. The van der Waals surface area contributed by atoms with E-state index in [9.17, 15) is 12.8 Å². The van der Waals surface area contributed by atoms with E-state index in [4.69, 9.17) is 5.73 Å². The third kappa shape index (κ3) is 2.67. The minimum Gasteiger partial charge on any atom is -0.396 e. The maximum absolute atomic E-state index is 13.1. The summed E-state index contributed by atoms with van der Waals surface area (Å²) in [7, 11) is -3.82. The van der Waals surface area contributed by atoms with E-state index in [-0.39, 0.29) is 10.6 Å². The Morgan fingerprint density at radius 2 is 2.00 bits per heavy atom. The van der Waals surface area contributed by atoms with Gasteiger partial charge in [-0.25, -0.2) is 17.8 Å². The molecule has 108 valence electrons. The zero-order valence-corrected chi connectivity index (χ0v) is 12.2. The summed E-state index contributed by atoms with van der Waals surface area (Å²) < 4.78 is 40.9. The molecule has 0 bridgehead atoms. The van der Waals surface area contributed by atoms with Crippen molar-refractivity contribution in [2.75, 3.05) is 10.5 Å². The zero-order chi connectivity index (χ0) is 15.0. The molecule has 0 amide bonds. The number of halogens is 1. The Morgan fingerprint density at radius 3 is 2.76 bits per heavy atom. The minimum absolute atomic E-state index is 0.0919. The van der Waals surface area contributed by atoms with Gasteiger partial charge in [0, 0.05) is 0 Å². The first-order valence-corrected chi connectivity index (χ1v) is 8.23. The second-order valence-corrected chi connectivity index (χ2v) is 6.89. The molecule has 0 saturated carbocycles. The van der Waals surface area contributed by atoms with E-state index in [0.29, 0.717) is 5.69 Å². The molecule has 8 heteroatoms. The average molecular weight is 323 g/mol. The first kappa shape index (κ1) is 13.8. The Bertz CT molecular complexity index is 922. The van der Waals surface area contributed by atoms with Gasteiger partial charge >= 0.3 is 0 Å². The summed E-state index contributed by atoms with van der Waals surface area (Å²) in [6, 6.07) is 8.31. The van der Waals surface area contributed by atoms with Crippen LogP contribution in [0.3, 0.4) is 0 Å². The molecule has 3 rings (SSSR count). The van der Waals surface area contributed by atoms with Crippen molar-refractivity contribution in [3.05, 3.63) is 47.7 Å². The van der Waals surface area contributed by atoms with E-state index in [0.717, 1.165) is 22.3 Å². The second kappa shape index (κ2) is 4.97. The van der Waals surface area contributed by atoms with Gasteiger partial charge in [0.2, 0.25) is 0 Å². The number of hydrogen-bond donors (Lipinski definition) is 2. The number of anilines is 2. The average Bonchev–Trinajstić information content (AvgIpc) is 2.88. The number of benzene rings is 2. The number of rotatable bonds is 3. The summed E-state index contributed by atoms with van der Waals surface area (Å²) in [5.74, 6) is -0.653. The van der Waals surface area contributed by atoms with Gasteiger partial charge in [-0.05, 0) is 36.4 Å². The second-order valence-electron chi connectivity index (χ2n) is 4.32.